The van der Waals surface area contributed by atoms with E-state index in [1.54, 1.807) is 0 Å². The van der Waals surface area contributed by atoms with Gasteiger partial charge in [-0.1, -0.05) is 24.3 Å². The van der Waals surface area contributed by atoms with E-state index in [0.29, 0.717) is 0 Å². The number of ether oxygens (including phenoxy) is 1. The van der Waals surface area contributed by atoms with Crippen LogP contribution >= 0.6 is 0 Å². The third-order valence-electron chi connectivity index (χ3n) is 4.79. The molecule has 0 spiro atoms. The predicted octanol–water partition coefficient (Wildman–Crippen LogP) is 2.42. The molecule has 4 rings (SSSR count). The van der Waals surface area contributed by atoms with Crippen LogP contribution in [-0.4, -0.2) is 50.3 Å². The van der Waals surface area contributed by atoms with E-state index in [-0.39, 0.29) is 6.10 Å². The van der Waals surface area contributed by atoms with Crippen molar-refractivity contribution in [2.24, 2.45) is 0 Å². The molecule has 1 fully saturated rings. The van der Waals surface area contributed by atoms with Gasteiger partial charge in [-0.05, 0) is 29.7 Å². The normalized spacial score (nSPS) is 18.7. The highest BCUT2D eigenvalue weighted by atomic mass is 16.5. The van der Waals surface area contributed by atoms with E-state index < -0.39 is 0 Å². The minimum absolute atomic E-state index is 0.177. The van der Waals surface area contributed by atoms with Crippen molar-refractivity contribution in [1.29, 1.82) is 0 Å². The zero-order valence-corrected chi connectivity index (χ0v) is 14.9. The van der Waals surface area contributed by atoms with E-state index in [2.05, 4.69) is 39.4 Å². The average Bonchev–Trinajstić information content (AvgIpc) is 3.30. The van der Waals surface area contributed by atoms with E-state index in [1.807, 2.05) is 46.3 Å². The SMILES string of the molecule is c1ccc(Cn2cccn2)c(CN2CCCO[C@@H](Cn3cccn3)C2)c1. The van der Waals surface area contributed by atoms with Gasteiger partial charge >= 0.3 is 0 Å². The molecule has 0 unspecified atom stereocenters. The highest BCUT2D eigenvalue weighted by Crippen LogP contribution is 2.16. The van der Waals surface area contributed by atoms with Crippen LogP contribution < -0.4 is 0 Å². The Hall–Kier alpha value is -2.44. The predicted molar refractivity (Wildman–Crippen MR) is 99.6 cm³/mol. The van der Waals surface area contributed by atoms with Crippen molar-refractivity contribution in [3.8, 4) is 0 Å². The molecule has 136 valence electrons. The van der Waals surface area contributed by atoms with E-state index in [0.717, 1.165) is 45.8 Å². The number of hydrogen-bond acceptors (Lipinski definition) is 4. The fourth-order valence-electron chi connectivity index (χ4n) is 3.52. The van der Waals surface area contributed by atoms with Crippen molar-refractivity contribution >= 4 is 0 Å². The Balaban J connectivity index is 1.44. The highest BCUT2D eigenvalue weighted by molar-refractivity contribution is 5.27. The first-order valence-electron chi connectivity index (χ1n) is 9.22. The van der Waals surface area contributed by atoms with Gasteiger partial charge in [0.1, 0.15) is 0 Å². The quantitative estimate of drug-likeness (QED) is 0.684. The van der Waals surface area contributed by atoms with Crippen molar-refractivity contribution in [2.45, 2.75) is 32.2 Å². The Morgan fingerprint density at radius 2 is 1.65 bits per heavy atom. The van der Waals surface area contributed by atoms with E-state index in [9.17, 15) is 0 Å². The summed E-state index contributed by atoms with van der Waals surface area (Å²) in [7, 11) is 0. The molecule has 1 atom stereocenters. The van der Waals surface area contributed by atoms with E-state index >= 15 is 0 Å². The molecule has 1 aliphatic rings. The molecule has 0 bridgehead atoms. The summed E-state index contributed by atoms with van der Waals surface area (Å²) >= 11 is 0. The van der Waals surface area contributed by atoms with Gasteiger partial charge in [0.05, 0.1) is 19.2 Å². The number of aromatic nitrogens is 4. The summed E-state index contributed by atoms with van der Waals surface area (Å²) in [5.41, 5.74) is 2.69. The third-order valence-corrected chi connectivity index (χ3v) is 4.79. The summed E-state index contributed by atoms with van der Waals surface area (Å²) in [4.78, 5) is 2.50. The molecule has 26 heavy (non-hydrogen) atoms. The molecular formula is C20H25N5O. The Labute approximate surface area is 154 Å². The molecule has 6 nitrogen and oxygen atoms in total. The van der Waals surface area contributed by atoms with Gasteiger partial charge in [0.2, 0.25) is 0 Å². The van der Waals surface area contributed by atoms with Gasteiger partial charge in [0, 0.05) is 51.0 Å². The maximum absolute atomic E-state index is 6.04. The van der Waals surface area contributed by atoms with Crippen molar-refractivity contribution in [3.63, 3.8) is 0 Å². The van der Waals surface area contributed by atoms with Gasteiger partial charge in [-0.25, -0.2) is 0 Å². The number of rotatable bonds is 6. The van der Waals surface area contributed by atoms with Crippen molar-refractivity contribution < 1.29 is 4.74 Å². The second-order valence-corrected chi connectivity index (χ2v) is 6.78. The standard InChI is InChI=1S/C20H25N5O/c1-2-7-19(15-24-11-3-8-21-24)18(6-1)14-23-10-5-13-26-20(16-23)17-25-12-4-9-22-25/h1-4,6-9,11-12,20H,5,10,13-17H2/t20-/m1/s1. The zero-order chi connectivity index (χ0) is 17.6. The van der Waals surface area contributed by atoms with Gasteiger partial charge in [0.15, 0.2) is 0 Å². The summed E-state index contributed by atoms with van der Waals surface area (Å²) in [6.45, 7) is 5.36. The van der Waals surface area contributed by atoms with Gasteiger partial charge in [-0.3, -0.25) is 14.3 Å². The highest BCUT2D eigenvalue weighted by Gasteiger charge is 2.20. The van der Waals surface area contributed by atoms with Crippen LogP contribution in [-0.2, 0) is 24.4 Å². The topological polar surface area (TPSA) is 48.1 Å². The Morgan fingerprint density at radius 3 is 2.38 bits per heavy atom. The van der Waals surface area contributed by atoms with Crippen LogP contribution in [0.1, 0.15) is 17.5 Å². The monoisotopic (exact) mass is 351 g/mol. The fraction of sp³-hybridized carbons (Fsp3) is 0.400. The van der Waals surface area contributed by atoms with Crippen LogP contribution in [0.4, 0.5) is 0 Å². The summed E-state index contributed by atoms with van der Waals surface area (Å²) in [6.07, 6.45) is 8.90. The van der Waals surface area contributed by atoms with Gasteiger partial charge in [-0.15, -0.1) is 0 Å². The molecule has 1 aromatic carbocycles. The molecule has 0 radical (unpaired) electrons. The molecule has 3 heterocycles. The van der Waals surface area contributed by atoms with Crippen molar-refractivity contribution in [1.82, 2.24) is 24.5 Å². The van der Waals surface area contributed by atoms with Crippen molar-refractivity contribution in [2.75, 3.05) is 19.7 Å². The first-order chi connectivity index (χ1) is 12.9. The van der Waals surface area contributed by atoms with Crippen LogP contribution in [0.15, 0.2) is 61.2 Å². The van der Waals surface area contributed by atoms with E-state index in [4.69, 9.17) is 4.74 Å². The lowest BCUT2D eigenvalue weighted by Crippen LogP contribution is -2.34. The first-order valence-corrected chi connectivity index (χ1v) is 9.22. The maximum atomic E-state index is 6.04. The third kappa shape index (κ3) is 4.39. The summed E-state index contributed by atoms with van der Waals surface area (Å²) in [6, 6.07) is 12.6. The Morgan fingerprint density at radius 1 is 0.923 bits per heavy atom. The molecule has 2 aromatic heterocycles. The second kappa shape index (κ2) is 8.29. The lowest BCUT2D eigenvalue weighted by Gasteiger charge is -2.25. The van der Waals surface area contributed by atoms with Gasteiger partial charge in [0.25, 0.3) is 0 Å². The largest absolute Gasteiger partial charge is 0.375 e. The minimum Gasteiger partial charge on any atom is -0.375 e. The van der Waals surface area contributed by atoms with Crippen LogP contribution in [0, 0.1) is 0 Å². The zero-order valence-electron chi connectivity index (χ0n) is 14.9. The maximum Gasteiger partial charge on any atom is 0.0897 e. The second-order valence-electron chi connectivity index (χ2n) is 6.78. The lowest BCUT2D eigenvalue weighted by atomic mass is 10.1. The Kier molecular flexibility index (Phi) is 5.42. The number of hydrogen-bond donors (Lipinski definition) is 0. The summed E-state index contributed by atoms with van der Waals surface area (Å²) in [5, 5.41) is 8.66. The molecule has 6 heteroatoms. The molecule has 1 aliphatic heterocycles. The molecule has 0 saturated carbocycles. The molecule has 0 N–H and O–H groups in total. The molecule has 0 aliphatic carbocycles. The number of nitrogens with zero attached hydrogens (tertiary/aromatic N) is 5. The molecular weight excluding hydrogens is 326 g/mol. The smallest absolute Gasteiger partial charge is 0.0897 e. The minimum atomic E-state index is 0.177. The van der Waals surface area contributed by atoms with Crippen molar-refractivity contribution in [3.05, 3.63) is 72.3 Å². The van der Waals surface area contributed by atoms with E-state index in [1.165, 1.54) is 11.1 Å². The summed E-state index contributed by atoms with van der Waals surface area (Å²) in [5.74, 6) is 0. The van der Waals surface area contributed by atoms with Crippen LogP contribution in [0.5, 0.6) is 0 Å². The van der Waals surface area contributed by atoms with Crippen LogP contribution in [0.2, 0.25) is 0 Å². The molecule has 0 amide bonds. The fourth-order valence-corrected chi connectivity index (χ4v) is 3.52. The Bertz CT molecular complexity index is 784. The lowest BCUT2D eigenvalue weighted by molar-refractivity contribution is 0.0391. The van der Waals surface area contributed by atoms with Crippen LogP contribution in [0.3, 0.4) is 0 Å². The number of benzene rings is 1. The molecule has 1 saturated heterocycles. The van der Waals surface area contributed by atoms with Gasteiger partial charge in [-0.2, -0.15) is 10.2 Å². The van der Waals surface area contributed by atoms with Crippen LogP contribution in [0.25, 0.3) is 0 Å². The summed E-state index contributed by atoms with van der Waals surface area (Å²) < 4.78 is 9.98. The van der Waals surface area contributed by atoms with Gasteiger partial charge < -0.3 is 4.74 Å². The molecule has 3 aromatic rings. The first kappa shape index (κ1) is 17.0. The average molecular weight is 351 g/mol.